The average molecular weight is 483 g/mol. The van der Waals surface area contributed by atoms with Crippen LogP contribution in [-0.4, -0.2) is 50.4 Å². The molecule has 2 saturated carbocycles. The molecule has 1 heterocycles. The molecule has 1 aliphatic heterocycles. The lowest BCUT2D eigenvalue weighted by molar-refractivity contribution is -0.0525. The third kappa shape index (κ3) is 5.19. The van der Waals surface area contributed by atoms with Gasteiger partial charge in [-0.25, -0.2) is 8.42 Å². The first kappa shape index (κ1) is 23.8. The van der Waals surface area contributed by atoms with Crippen LogP contribution in [0.4, 0.5) is 5.69 Å². The number of benzene rings is 2. The molecule has 1 N–H and O–H groups in total. The molecule has 2 unspecified atom stereocenters. The van der Waals surface area contributed by atoms with Crippen LogP contribution in [0, 0.1) is 17.8 Å². The Bertz CT molecular complexity index is 1050. The van der Waals surface area contributed by atoms with Crippen molar-refractivity contribution in [2.75, 3.05) is 31.0 Å². The van der Waals surface area contributed by atoms with Crippen molar-refractivity contribution >= 4 is 15.7 Å². The second-order valence-electron chi connectivity index (χ2n) is 10.5. The van der Waals surface area contributed by atoms with Gasteiger partial charge in [0.25, 0.3) is 0 Å². The van der Waals surface area contributed by atoms with Crippen LogP contribution in [0.2, 0.25) is 0 Å². The smallest absolute Gasteiger partial charge is 0.235 e. The molecular weight excluding hydrogens is 444 g/mol. The molecule has 5 nitrogen and oxygen atoms in total. The van der Waals surface area contributed by atoms with E-state index in [9.17, 15) is 8.42 Å². The van der Waals surface area contributed by atoms with Gasteiger partial charge in [-0.15, -0.1) is 0 Å². The first-order valence-corrected chi connectivity index (χ1v) is 14.5. The minimum Gasteiger partial charge on any atom is -0.373 e. The molecule has 2 aromatic carbocycles. The van der Waals surface area contributed by atoms with Crippen LogP contribution in [0.5, 0.6) is 0 Å². The molecule has 2 atom stereocenters. The monoisotopic (exact) mass is 482 g/mol. The van der Waals surface area contributed by atoms with Gasteiger partial charge in [-0.3, -0.25) is 9.62 Å². The maximum Gasteiger partial charge on any atom is 0.235 e. The van der Waals surface area contributed by atoms with E-state index in [0.717, 1.165) is 56.6 Å². The van der Waals surface area contributed by atoms with Crippen molar-refractivity contribution in [3.8, 4) is 0 Å². The second kappa shape index (κ2) is 9.63. The highest BCUT2D eigenvalue weighted by Crippen LogP contribution is 2.53. The summed E-state index contributed by atoms with van der Waals surface area (Å²) in [4.78, 5) is 2.68. The molecule has 0 spiro atoms. The van der Waals surface area contributed by atoms with E-state index in [1.54, 1.807) is 12.1 Å². The minimum atomic E-state index is -3.09. The number of nitrogens with zero attached hydrogens (tertiary/aromatic N) is 1. The fraction of sp³-hybridized carbons (Fsp3) is 0.571. The molecule has 0 aromatic heterocycles. The molecule has 1 saturated heterocycles. The molecule has 184 valence electrons. The van der Waals surface area contributed by atoms with Crippen LogP contribution in [0.15, 0.2) is 54.6 Å². The van der Waals surface area contributed by atoms with E-state index < -0.39 is 10.0 Å². The lowest BCUT2D eigenvalue weighted by Gasteiger charge is -2.34. The summed E-state index contributed by atoms with van der Waals surface area (Å²) in [7, 11) is -3.09. The Labute approximate surface area is 204 Å². The molecule has 6 rings (SSSR count). The second-order valence-corrected chi connectivity index (χ2v) is 12.5. The number of hydrogen-bond acceptors (Lipinski definition) is 4. The molecule has 0 amide bonds. The number of para-hydroxylation sites is 1. The van der Waals surface area contributed by atoms with E-state index in [1.807, 2.05) is 18.2 Å². The van der Waals surface area contributed by atoms with Crippen LogP contribution in [0.3, 0.4) is 0 Å². The number of anilines is 1. The van der Waals surface area contributed by atoms with Crippen LogP contribution in [0.25, 0.3) is 0 Å². The first-order valence-electron chi connectivity index (χ1n) is 12.9. The summed E-state index contributed by atoms with van der Waals surface area (Å²) in [6, 6.07) is 17.9. The fourth-order valence-electron chi connectivity index (χ4n) is 6.24. The number of sulfonamides is 1. The Balaban J connectivity index is 0.000000159. The van der Waals surface area contributed by atoms with Gasteiger partial charge in [-0.1, -0.05) is 55.8 Å². The van der Waals surface area contributed by atoms with Gasteiger partial charge in [0.2, 0.25) is 10.0 Å². The molecule has 6 heteroatoms. The number of piperidine rings is 1. The third-order valence-electron chi connectivity index (χ3n) is 8.02. The van der Waals surface area contributed by atoms with Crippen molar-refractivity contribution < 1.29 is 13.2 Å². The maximum absolute atomic E-state index is 11.5. The highest BCUT2D eigenvalue weighted by Gasteiger charge is 2.55. The zero-order valence-corrected chi connectivity index (χ0v) is 21.3. The van der Waals surface area contributed by atoms with E-state index in [4.69, 9.17) is 4.74 Å². The SMILES string of the molecule is CCOC1(CN2CC3C(CC)C3C2)Cc2ccccc2C1.O=S(=O)(Nc1ccccc1)C1CC1. The van der Waals surface area contributed by atoms with Crippen LogP contribution in [-0.2, 0) is 27.6 Å². The van der Waals surface area contributed by atoms with Gasteiger partial charge in [-0.2, -0.15) is 0 Å². The highest BCUT2D eigenvalue weighted by atomic mass is 32.2. The fourth-order valence-corrected chi connectivity index (χ4v) is 7.62. The summed E-state index contributed by atoms with van der Waals surface area (Å²) < 4.78 is 31.8. The molecule has 2 aromatic rings. The normalized spacial score (nSPS) is 26.8. The van der Waals surface area contributed by atoms with Gasteiger partial charge < -0.3 is 4.74 Å². The predicted octanol–water partition coefficient (Wildman–Crippen LogP) is 4.74. The Hall–Kier alpha value is -1.89. The topological polar surface area (TPSA) is 58.6 Å². The third-order valence-corrected chi connectivity index (χ3v) is 9.89. The Morgan fingerprint density at radius 2 is 1.53 bits per heavy atom. The number of fused-ring (bicyclic) bond motifs is 2. The van der Waals surface area contributed by atoms with Gasteiger partial charge >= 0.3 is 0 Å². The maximum atomic E-state index is 11.5. The average Bonchev–Trinajstić information content (AvgIpc) is 3.71. The molecule has 3 aliphatic carbocycles. The number of hydrogen-bond donors (Lipinski definition) is 1. The molecule has 0 radical (unpaired) electrons. The van der Waals surface area contributed by atoms with Gasteiger partial charge in [0.15, 0.2) is 0 Å². The van der Waals surface area contributed by atoms with Crippen molar-refractivity contribution in [2.24, 2.45) is 17.8 Å². The van der Waals surface area contributed by atoms with Gasteiger partial charge in [0, 0.05) is 44.8 Å². The highest BCUT2D eigenvalue weighted by molar-refractivity contribution is 7.93. The number of ether oxygens (including phenoxy) is 1. The molecule has 4 aliphatic rings. The van der Waals surface area contributed by atoms with E-state index in [0.29, 0.717) is 5.69 Å². The van der Waals surface area contributed by atoms with Crippen molar-refractivity contribution in [3.63, 3.8) is 0 Å². The van der Waals surface area contributed by atoms with E-state index in [1.165, 1.54) is 30.6 Å². The molecule has 34 heavy (non-hydrogen) atoms. The summed E-state index contributed by atoms with van der Waals surface area (Å²) in [5.41, 5.74) is 3.69. The van der Waals surface area contributed by atoms with Crippen molar-refractivity contribution in [2.45, 2.75) is 56.8 Å². The lowest BCUT2D eigenvalue weighted by Crippen LogP contribution is -2.46. The molecular formula is C28H38N2O3S. The Morgan fingerprint density at radius 3 is 2.06 bits per heavy atom. The largest absolute Gasteiger partial charge is 0.373 e. The molecule has 0 bridgehead atoms. The quantitative estimate of drug-likeness (QED) is 0.591. The number of rotatable bonds is 8. The van der Waals surface area contributed by atoms with Crippen molar-refractivity contribution in [1.29, 1.82) is 0 Å². The summed E-state index contributed by atoms with van der Waals surface area (Å²) in [5, 5.41) is -0.160. The zero-order chi connectivity index (χ0) is 23.8. The zero-order valence-electron chi connectivity index (χ0n) is 20.4. The number of likely N-dealkylation sites (tertiary alicyclic amines) is 1. The van der Waals surface area contributed by atoms with Gasteiger partial charge in [0.05, 0.1) is 10.9 Å². The van der Waals surface area contributed by atoms with E-state index in [2.05, 4.69) is 47.7 Å². The lowest BCUT2D eigenvalue weighted by atomic mass is 9.98. The van der Waals surface area contributed by atoms with Crippen LogP contribution in [0.1, 0.15) is 44.2 Å². The number of nitrogens with one attached hydrogen (secondary N) is 1. The van der Waals surface area contributed by atoms with Crippen molar-refractivity contribution in [1.82, 2.24) is 4.90 Å². The van der Waals surface area contributed by atoms with Crippen molar-refractivity contribution in [3.05, 3.63) is 65.7 Å². The first-order chi connectivity index (χ1) is 16.4. The predicted molar refractivity (Wildman–Crippen MR) is 137 cm³/mol. The van der Waals surface area contributed by atoms with Gasteiger partial charge in [0.1, 0.15) is 0 Å². The Kier molecular flexibility index (Phi) is 6.75. The Morgan fingerprint density at radius 1 is 0.941 bits per heavy atom. The van der Waals surface area contributed by atoms with Gasteiger partial charge in [-0.05, 0) is 60.8 Å². The summed E-state index contributed by atoms with van der Waals surface area (Å²) in [6.45, 7) is 9.07. The standard InChI is InChI=1S/C19H27NO.C9H11NO2S/c1-3-16-17-11-20(12-18(16)17)13-19(21-4-2)9-14-7-5-6-8-15(14)10-19;11-13(12,9-6-7-9)10-8-4-2-1-3-5-8/h5-8,16-18H,3-4,9-13H2,1-2H3;1-5,9-10H,6-7H2. The minimum absolute atomic E-state index is 0.0386. The van der Waals surface area contributed by atoms with E-state index in [-0.39, 0.29) is 10.9 Å². The molecule has 3 fully saturated rings. The van der Waals surface area contributed by atoms with Crippen LogP contribution >= 0.6 is 0 Å². The van der Waals surface area contributed by atoms with Crippen LogP contribution < -0.4 is 4.72 Å². The summed E-state index contributed by atoms with van der Waals surface area (Å²) in [5.74, 6) is 3.03. The summed E-state index contributed by atoms with van der Waals surface area (Å²) in [6.07, 6.45) is 5.16. The van der Waals surface area contributed by atoms with E-state index >= 15 is 0 Å². The summed E-state index contributed by atoms with van der Waals surface area (Å²) >= 11 is 0.